The van der Waals surface area contributed by atoms with Crippen LogP contribution in [0.3, 0.4) is 0 Å². The summed E-state index contributed by atoms with van der Waals surface area (Å²) in [5.74, 6) is -0.156. The van der Waals surface area contributed by atoms with Gasteiger partial charge in [0.25, 0.3) is 5.91 Å². The number of hydrogen-bond acceptors (Lipinski definition) is 3. The topological polar surface area (TPSA) is 63.2 Å². The van der Waals surface area contributed by atoms with Gasteiger partial charge < -0.3 is 5.32 Å². The summed E-state index contributed by atoms with van der Waals surface area (Å²) in [6.07, 6.45) is 1.17. The SMILES string of the molecule is C[C@@H](NC(=O)c1ccc(I)cc1)c1ccc(S(C)(=O)=O)cc1. The molecule has 0 heterocycles. The first-order valence-corrected chi connectivity index (χ1v) is 9.61. The predicted octanol–water partition coefficient (Wildman–Crippen LogP) is 3.19. The monoisotopic (exact) mass is 429 g/mol. The molecule has 1 atom stereocenters. The van der Waals surface area contributed by atoms with Gasteiger partial charge >= 0.3 is 0 Å². The first kappa shape index (κ1) is 17.0. The number of sulfone groups is 1. The average molecular weight is 429 g/mol. The zero-order valence-corrected chi connectivity index (χ0v) is 15.2. The number of amides is 1. The van der Waals surface area contributed by atoms with Crippen LogP contribution in [0.2, 0.25) is 0 Å². The number of carbonyl (C=O) groups excluding carboxylic acids is 1. The number of benzene rings is 2. The Morgan fingerprint density at radius 3 is 2.09 bits per heavy atom. The summed E-state index contributed by atoms with van der Waals surface area (Å²) < 4.78 is 23.9. The smallest absolute Gasteiger partial charge is 0.251 e. The van der Waals surface area contributed by atoms with Gasteiger partial charge in [0.15, 0.2) is 9.84 Å². The number of rotatable bonds is 4. The maximum Gasteiger partial charge on any atom is 0.251 e. The van der Waals surface area contributed by atoms with E-state index in [-0.39, 0.29) is 16.8 Å². The molecule has 0 fully saturated rings. The first-order chi connectivity index (χ1) is 10.3. The Bertz CT molecular complexity index is 768. The molecule has 0 bridgehead atoms. The van der Waals surface area contributed by atoms with Crippen molar-refractivity contribution < 1.29 is 13.2 Å². The molecule has 2 rings (SSSR count). The van der Waals surface area contributed by atoms with Crippen LogP contribution in [0.15, 0.2) is 53.4 Å². The van der Waals surface area contributed by atoms with Gasteiger partial charge in [0.05, 0.1) is 10.9 Å². The van der Waals surface area contributed by atoms with Crippen molar-refractivity contribution in [1.29, 1.82) is 0 Å². The highest BCUT2D eigenvalue weighted by Crippen LogP contribution is 2.17. The Balaban J connectivity index is 2.10. The zero-order chi connectivity index (χ0) is 16.3. The molecule has 0 aromatic heterocycles. The van der Waals surface area contributed by atoms with Gasteiger partial charge in [0.2, 0.25) is 0 Å². The number of hydrogen-bond donors (Lipinski definition) is 1. The van der Waals surface area contributed by atoms with E-state index in [1.807, 2.05) is 19.1 Å². The van der Waals surface area contributed by atoms with Crippen LogP contribution in [0.4, 0.5) is 0 Å². The maximum atomic E-state index is 12.2. The van der Waals surface area contributed by atoms with Gasteiger partial charge in [-0.2, -0.15) is 0 Å². The van der Waals surface area contributed by atoms with Crippen molar-refractivity contribution in [2.45, 2.75) is 17.9 Å². The van der Waals surface area contributed by atoms with Gasteiger partial charge in [-0.1, -0.05) is 12.1 Å². The summed E-state index contributed by atoms with van der Waals surface area (Å²) in [6.45, 7) is 1.86. The molecule has 0 spiro atoms. The van der Waals surface area contributed by atoms with E-state index in [9.17, 15) is 13.2 Å². The molecule has 116 valence electrons. The molecule has 0 aliphatic carbocycles. The molecule has 0 aliphatic heterocycles. The molecule has 0 radical (unpaired) electrons. The number of halogens is 1. The minimum Gasteiger partial charge on any atom is -0.346 e. The summed E-state index contributed by atoms with van der Waals surface area (Å²) in [6, 6.07) is 13.6. The fourth-order valence-corrected chi connectivity index (χ4v) is 2.96. The second kappa shape index (κ2) is 6.78. The average Bonchev–Trinajstić information content (AvgIpc) is 2.47. The lowest BCUT2D eigenvalue weighted by Crippen LogP contribution is -2.26. The standard InChI is InChI=1S/C16H16INO3S/c1-11(12-5-9-15(10-6-12)22(2,20)21)18-16(19)13-3-7-14(17)8-4-13/h3-11H,1-2H3,(H,18,19)/t11-/m1/s1. The van der Waals surface area contributed by atoms with Crippen LogP contribution in [0.5, 0.6) is 0 Å². The summed E-state index contributed by atoms with van der Waals surface area (Å²) in [5.41, 5.74) is 1.45. The van der Waals surface area contributed by atoms with Crippen molar-refractivity contribution in [2.75, 3.05) is 6.26 Å². The summed E-state index contributed by atoms with van der Waals surface area (Å²) in [4.78, 5) is 12.4. The van der Waals surface area contributed by atoms with Crippen LogP contribution in [-0.2, 0) is 9.84 Å². The third-order valence-electron chi connectivity index (χ3n) is 3.26. The number of carbonyl (C=O) groups is 1. The summed E-state index contributed by atoms with van der Waals surface area (Å²) in [7, 11) is -3.20. The van der Waals surface area contributed by atoms with Crippen LogP contribution in [-0.4, -0.2) is 20.6 Å². The quantitative estimate of drug-likeness (QED) is 0.760. The zero-order valence-electron chi connectivity index (χ0n) is 12.2. The van der Waals surface area contributed by atoms with Crippen molar-refractivity contribution in [1.82, 2.24) is 5.32 Å². The molecule has 1 N–H and O–H groups in total. The van der Waals surface area contributed by atoms with Crippen molar-refractivity contribution in [3.05, 3.63) is 63.2 Å². The molecule has 4 nitrogen and oxygen atoms in total. The normalized spacial score (nSPS) is 12.7. The Morgan fingerprint density at radius 2 is 1.59 bits per heavy atom. The minimum absolute atomic E-state index is 0.156. The predicted molar refractivity (Wildman–Crippen MR) is 94.6 cm³/mol. The van der Waals surface area contributed by atoms with Gasteiger partial charge in [0.1, 0.15) is 0 Å². The second-order valence-corrected chi connectivity index (χ2v) is 8.30. The Hall–Kier alpha value is -1.41. The molecular formula is C16H16INO3S. The summed E-state index contributed by atoms with van der Waals surface area (Å²) >= 11 is 2.18. The highest BCUT2D eigenvalue weighted by molar-refractivity contribution is 14.1. The highest BCUT2D eigenvalue weighted by Gasteiger charge is 2.13. The van der Waals surface area contributed by atoms with Crippen LogP contribution in [0.1, 0.15) is 28.9 Å². The van der Waals surface area contributed by atoms with E-state index in [0.29, 0.717) is 5.56 Å². The van der Waals surface area contributed by atoms with E-state index in [0.717, 1.165) is 9.13 Å². The largest absolute Gasteiger partial charge is 0.346 e. The summed E-state index contributed by atoms with van der Waals surface area (Å²) in [5, 5.41) is 2.90. The second-order valence-electron chi connectivity index (χ2n) is 5.04. The molecule has 1 amide bonds. The van der Waals surface area contributed by atoms with Gasteiger partial charge in [-0.3, -0.25) is 4.79 Å². The lowest BCUT2D eigenvalue weighted by atomic mass is 10.1. The van der Waals surface area contributed by atoms with E-state index in [1.165, 1.54) is 6.26 Å². The Kier molecular flexibility index (Phi) is 5.23. The molecule has 2 aromatic carbocycles. The Morgan fingerprint density at radius 1 is 1.05 bits per heavy atom. The van der Waals surface area contributed by atoms with Crippen LogP contribution in [0, 0.1) is 3.57 Å². The molecule has 6 heteroatoms. The van der Waals surface area contributed by atoms with Gasteiger partial charge in [0, 0.05) is 15.4 Å². The lowest BCUT2D eigenvalue weighted by molar-refractivity contribution is 0.0940. The highest BCUT2D eigenvalue weighted by atomic mass is 127. The maximum absolute atomic E-state index is 12.2. The third-order valence-corrected chi connectivity index (χ3v) is 5.11. The van der Waals surface area contributed by atoms with E-state index in [2.05, 4.69) is 27.9 Å². The first-order valence-electron chi connectivity index (χ1n) is 6.64. The van der Waals surface area contributed by atoms with Crippen molar-refractivity contribution in [3.8, 4) is 0 Å². The molecular weight excluding hydrogens is 413 g/mol. The van der Waals surface area contributed by atoms with Gasteiger partial charge in [-0.05, 0) is 71.5 Å². The van der Waals surface area contributed by atoms with Crippen molar-refractivity contribution >= 4 is 38.3 Å². The molecule has 2 aromatic rings. The van der Waals surface area contributed by atoms with E-state index in [4.69, 9.17) is 0 Å². The molecule has 0 saturated heterocycles. The minimum atomic E-state index is -3.20. The lowest BCUT2D eigenvalue weighted by Gasteiger charge is -2.15. The fourth-order valence-electron chi connectivity index (χ4n) is 1.97. The molecule has 0 saturated carbocycles. The van der Waals surface area contributed by atoms with Crippen molar-refractivity contribution in [3.63, 3.8) is 0 Å². The van der Waals surface area contributed by atoms with E-state index >= 15 is 0 Å². The fraction of sp³-hybridized carbons (Fsp3) is 0.188. The van der Waals surface area contributed by atoms with Crippen LogP contribution in [0.25, 0.3) is 0 Å². The van der Waals surface area contributed by atoms with Crippen molar-refractivity contribution in [2.24, 2.45) is 0 Å². The molecule has 22 heavy (non-hydrogen) atoms. The van der Waals surface area contributed by atoms with Crippen LogP contribution >= 0.6 is 22.6 Å². The molecule has 0 unspecified atom stereocenters. The molecule has 0 aliphatic rings. The third kappa shape index (κ3) is 4.30. The Labute approximate surface area is 144 Å². The van der Waals surface area contributed by atoms with Crippen LogP contribution < -0.4 is 5.32 Å². The van der Waals surface area contributed by atoms with E-state index < -0.39 is 9.84 Å². The van der Waals surface area contributed by atoms with E-state index in [1.54, 1.807) is 36.4 Å². The van der Waals surface area contributed by atoms with Gasteiger partial charge in [-0.15, -0.1) is 0 Å². The van der Waals surface area contributed by atoms with Gasteiger partial charge in [-0.25, -0.2) is 8.42 Å². The number of nitrogens with one attached hydrogen (secondary N) is 1.